The second-order valence-electron chi connectivity index (χ2n) is 4.56. The summed E-state index contributed by atoms with van der Waals surface area (Å²) in [6.07, 6.45) is -4.52. The number of carbonyl (C=O) groups is 1. The summed E-state index contributed by atoms with van der Waals surface area (Å²) in [4.78, 5) is 10.8. The second-order valence-corrected chi connectivity index (χ2v) is 4.56. The van der Waals surface area contributed by atoms with E-state index < -0.39 is 23.7 Å². The number of amides is 1. The maximum atomic E-state index is 12.7. The molecule has 1 aromatic carbocycles. The fraction of sp³-hybridized carbons (Fsp3) is 0.214. The number of carbonyl (C=O) groups excluding carboxylic acids is 1. The van der Waals surface area contributed by atoms with Gasteiger partial charge in [-0.25, -0.2) is 0 Å². The molecule has 0 unspecified atom stereocenters. The molecular formula is C14H13F3N2O2. The fourth-order valence-corrected chi connectivity index (χ4v) is 1.87. The summed E-state index contributed by atoms with van der Waals surface area (Å²) < 4.78 is 43.4. The van der Waals surface area contributed by atoms with Gasteiger partial charge < -0.3 is 15.9 Å². The van der Waals surface area contributed by atoms with Crippen molar-refractivity contribution in [2.45, 2.75) is 18.6 Å². The first-order valence-corrected chi connectivity index (χ1v) is 6.08. The number of rotatable bonds is 4. The van der Waals surface area contributed by atoms with Crippen LogP contribution in [0.5, 0.6) is 0 Å². The Morgan fingerprint density at radius 3 is 2.57 bits per heavy atom. The highest BCUT2D eigenvalue weighted by Crippen LogP contribution is 2.33. The maximum Gasteiger partial charge on any atom is 0.416 e. The lowest BCUT2D eigenvalue weighted by Crippen LogP contribution is -2.20. The minimum Gasteiger partial charge on any atom is -0.459 e. The van der Waals surface area contributed by atoms with Gasteiger partial charge in [0.2, 0.25) is 5.91 Å². The van der Waals surface area contributed by atoms with Crippen LogP contribution in [0.15, 0.2) is 40.8 Å². The predicted octanol–water partition coefficient (Wildman–Crippen LogP) is 2.84. The smallest absolute Gasteiger partial charge is 0.416 e. The minimum absolute atomic E-state index is 0.102. The van der Waals surface area contributed by atoms with Crippen molar-refractivity contribution < 1.29 is 22.4 Å². The van der Waals surface area contributed by atoms with Crippen LogP contribution in [-0.4, -0.2) is 5.91 Å². The van der Waals surface area contributed by atoms with Crippen molar-refractivity contribution in [2.75, 3.05) is 0 Å². The van der Waals surface area contributed by atoms with Gasteiger partial charge in [-0.3, -0.25) is 4.79 Å². The first kappa shape index (κ1) is 15.1. The molecular weight excluding hydrogens is 285 g/mol. The van der Waals surface area contributed by atoms with Crippen molar-refractivity contribution in [3.8, 4) is 11.3 Å². The average molecular weight is 298 g/mol. The Kier molecular flexibility index (Phi) is 4.04. The largest absolute Gasteiger partial charge is 0.459 e. The van der Waals surface area contributed by atoms with Crippen molar-refractivity contribution >= 4 is 5.91 Å². The van der Waals surface area contributed by atoms with E-state index in [2.05, 4.69) is 0 Å². The van der Waals surface area contributed by atoms with Crippen LogP contribution in [0.2, 0.25) is 0 Å². The molecule has 21 heavy (non-hydrogen) atoms. The van der Waals surface area contributed by atoms with E-state index in [-0.39, 0.29) is 17.7 Å². The van der Waals surface area contributed by atoms with E-state index in [1.54, 1.807) is 0 Å². The number of halogens is 3. The SMILES string of the molecule is NC(=O)C[C@@H](N)c1ccc(-c2cccc(C(F)(F)F)c2)o1. The monoisotopic (exact) mass is 298 g/mol. The average Bonchev–Trinajstić information content (AvgIpc) is 2.86. The molecule has 1 aromatic heterocycles. The van der Waals surface area contributed by atoms with E-state index in [0.717, 1.165) is 12.1 Å². The summed E-state index contributed by atoms with van der Waals surface area (Å²) in [5.74, 6) is -0.0447. The molecule has 0 bridgehead atoms. The van der Waals surface area contributed by atoms with Crippen LogP contribution in [0.25, 0.3) is 11.3 Å². The van der Waals surface area contributed by atoms with Crippen molar-refractivity contribution in [2.24, 2.45) is 11.5 Å². The van der Waals surface area contributed by atoms with Gasteiger partial charge in [0.05, 0.1) is 11.6 Å². The zero-order valence-corrected chi connectivity index (χ0v) is 10.9. The minimum atomic E-state index is -4.42. The molecule has 2 aromatic rings. The zero-order valence-electron chi connectivity index (χ0n) is 10.9. The molecule has 0 aliphatic carbocycles. The van der Waals surface area contributed by atoms with Gasteiger partial charge in [-0.1, -0.05) is 12.1 Å². The number of nitrogens with two attached hydrogens (primary N) is 2. The van der Waals surface area contributed by atoms with Crippen LogP contribution in [0.4, 0.5) is 13.2 Å². The summed E-state index contributed by atoms with van der Waals surface area (Å²) in [7, 11) is 0. The van der Waals surface area contributed by atoms with Crippen molar-refractivity contribution in [1.82, 2.24) is 0 Å². The van der Waals surface area contributed by atoms with Crippen molar-refractivity contribution in [1.29, 1.82) is 0 Å². The lowest BCUT2D eigenvalue weighted by molar-refractivity contribution is -0.137. The fourth-order valence-electron chi connectivity index (χ4n) is 1.87. The molecule has 0 radical (unpaired) electrons. The highest BCUT2D eigenvalue weighted by Gasteiger charge is 2.30. The molecule has 0 fully saturated rings. The third kappa shape index (κ3) is 3.63. The van der Waals surface area contributed by atoms with E-state index in [4.69, 9.17) is 15.9 Å². The normalized spacial score (nSPS) is 13.1. The molecule has 4 N–H and O–H groups in total. The van der Waals surface area contributed by atoms with Gasteiger partial charge in [0.25, 0.3) is 0 Å². The summed E-state index contributed by atoms with van der Waals surface area (Å²) in [5.41, 5.74) is 10.3. The molecule has 0 spiro atoms. The van der Waals surface area contributed by atoms with Gasteiger partial charge in [-0.15, -0.1) is 0 Å². The zero-order chi connectivity index (χ0) is 15.6. The Labute approximate surface area is 118 Å². The van der Waals surface area contributed by atoms with Crippen molar-refractivity contribution in [3.05, 3.63) is 47.7 Å². The van der Waals surface area contributed by atoms with Crippen molar-refractivity contribution in [3.63, 3.8) is 0 Å². The summed E-state index contributed by atoms with van der Waals surface area (Å²) in [6.45, 7) is 0. The first-order valence-electron chi connectivity index (χ1n) is 6.08. The van der Waals surface area contributed by atoms with Gasteiger partial charge in [0, 0.05) is 12.0 Å². The van der Waals surface area contributed by atoms with Crippen LogP contribution in [0.3, 0.4) is 0 Å². The summed E-state index contributed by atoms with van der Waals surface area (Å²) in [5, 5.41) is 0. The molecule has 0 aliphatic rings. The first-order chi connectivity index (χ1) is 9.77. The lowest BCUT2D eigenvalue weighted by Gasteiger charge is -2.08. The Bertz CT molecular complexity index is 650. The lowest BCUT2D eigenvalue weighted by atomic mass is 10.1. The summed E-state index contributed by atoms with van der Waals surface area (Å²) in [6, 6.07) is 7.06. The Morgan fingerprint density at radius 1 is 1.24 bits per heavy atom. The summed E-state index contributed by atoms with van der Waals surface area (Å²) >= 11 is 0. The Morgan fingerprint density at radius 2 is 1.95 bits per heavy atom. The quantitative estimate of drug-likeness (QED) is 0.910. The number of hydrogen-bond acceptors (Lipinski definition) is 3. The number of alkyl halides is 3. The predicted molar refractivity (Wildman–Crippen MR) is 69.9 cm³/mol. The van der Waals surface area contributed by atoms with E-state index >= 15 is 0 Å². The molecule has 0 saturated heterocycles. The van der Waals surface area contributed by atoms with E-state index in [0.29, 0.717) is 5.76 Å². The second kappa shape index (κ2) is 5.61. The molecule has 1 heterocycles. The third-order valence-electron chi connectivity index (χ3n) is 2.89. The van der Waals surface area contributed by atoms with Gasteiger partial charge >= 0.3 is 6.18 Å². The molecule has 2 rings (SSSR count). The highest BCUT2D eigenvalue weighted by molar-refractivity contribution is 5.74. The number of hydrogen-bond donors (Lipinski definition) is 2. The topological polar surface area (TPSA) is 82.2 Å². The maximum absolute atomic E-state index is 12.7. The molecule has 1 atom stereocenters. The van der Waals surface area contributed by atoms with E-state index in [1.807, 2.05) is 0 Å². The number of furan rings is 1. The van der Waals surface area contributed by atoms with Crippen LogP contribution in [0.1, 0.15) is 23.8 Å². The number of primary amides is 1. The number of benzene rings is 1. The molecule has 0 saturated carbocycles. The van der Waals surface area contributed by atoms with Gasteiger partial charge in [0.1, 0.15) is 11.5 Å². The van der Waals surface area contributed by atoms with Crippen LogP contribution in [0, 0.1) is 0 Å². The molecule has 0 aliphatic heterocycles. The highest BCUT2D eigenvalue weighted by atomic mass is 19.4. The Hall–Kier alpha value is -2.28. The van der Waals surface area contributed by atoms with Crippen LogP contribution >= 0.6 is 0 Å². The third-order valence-corrected chi connectivity index (χ3v) is 2.89. The van der Waals surface area contributed by atoms with Crippen LogP contribution < -0.4 is 11.5 Å². The molecule has 4 nitrogen and oxygen atoms in total. The van der Waals surface area contributed by atoms with E-state index in [1.165, 1.54) is 24.3 Å². The molecule has 1 amide bonds. The van der Waals surface area contributed by atoms with E-state index in [9.17, 15) is 18.0 Å². The van der Waals surface area contributed by atoms with Gasteiger partial charge in [-0.2, -0.15) is 13.2 Å². The molecule has 7 heteroatoms. The van der Waals surface area contributed by atoms with Gasteiger partial charge in [-0.05, 0) is 24.3 Å². The molecule has 112 valence electrons. The van der Waals surface area contributed by atoms with Crippen LogP contribution in [-0.2, 0) is 11.0 Å². The Balaban J connectivity index is 2.28. The van der Waals surface area contributed by atoms with Gasteiger partial charge in [0.15, 0.2) is 0 Å². The standard InChI is InChI=1S/C14H13F3N2O2/c15-14(16,17)9-3-1-2-8(6-9)11-4-5-12(21-11)10(18)7-13(19)20/h1-6,10H,7,18H2,(H2,19,20)/t10-/m1/s1.